The molecule has 0 saturated carbocycles. The second-order valence-corrected chi connectivity index (χ2v) is 17.4. The maximum absolute atomic E-state index is 5.27. The molecule has 0 aliphatic rings. The van der Waals surface area contributed by atoms with Crippen molar-refractivity contribution in [3.05, 3.63) is 237 Å². The van der Waals surface area contributed by atoms with Crippen LogP contribution in [-0.4, -0.2) is 23.7 Å². The quantitative estimate of drug-likeness (QED) is 0.167. The molecule has 14 rings (SSSR count). The molecule has 0 fully saturated rings. The van der Waals surface area contributed by atoms with Crippen molar-refractivity contribution in [2.75, 3.05) is 0 Å². The second kappa shape index (κ2) is 14.7. The van der Waals surface area contributed by atoms with Crippen molar-refractivity contribution in [2.24, 2.45) is 0 Å². The van der Waals surface area contributed by atoms with E-state index in [0.717, 1.165) is 61.1 Å². The fourth-order valence-corrected chi connectivity index (χ4v) is 10.6. The third-order valence-electron chi connectivity index (χ3n) is 13.7. The molecule has 0 spiro atoms. The summed E-state index contributed by atoms with van der Waals surface area (Å²) in [4.78, 5) is 10.4. The zero-order valence-corrected chi connectivity index (χ0v) is 36.3. The molecule has 312 valence electrons. The molecule has 4 heterocycles. The van der Waals surface area contributed by atoms with Crippen molar-refractivity contribution >= 4 is 76.3 Å². The number of rotatable bonds is 6. The molecule has 67 heavy (non-hydrogen) atoms. The summed E-state index contributed by atoms with van der Waals surface area (Å²) in [7, 11) is 0. The lowest BCUT2D eigenvalue weighted by atomic mass is 9.98. The first-order valence-electron chi connectivity index (χ1n) is 22.8. The predicted octanol–water partition coefficient (Wildman–Crippen LogP) is 15.9. The third kappa shape index (κ3) is 5.81. The molecule has 0 aliphatic heterocycles. The number of aromatic nitrogens is 5. The van der Waals surface area contributed by atoms with Gasteiger partial charge in [-0.3, -0.25) is 4.57 Å². The SMILES string of the molecule is c1ccc(-c2nc(-n3c4ccccc4c4cc(-c5ccc(-c6ccc7c(c6)c6ccccc6n7-c6ccc7c8ccccc8n(-c8ccccc8)c7c6)cc5)ccc43)nc3ccccc23)cc1. The van der Waals surface area contributed by atoms with E-state index in [4.69, 9.17) is 9.97 Å². The molecule has 4 aromatic heterocycles. The van der Waals surface area contributed by atoms with Crippen LogP contribution < -0.4 is 0 Å². The molecule has 14 aromatic rings. The van der Waals surface area contributed by atoms with Crippen molar-refractivity contribution in [3.8, 4) is 50.8 Å². The molecule has 0 atom stereocenters. The summed E-state index contributed by atoms with van der Waals surface area (Å²) in [6.07, 6.45) is 0. The highest BCUT2D eigenvalue weighted by atomic mass is 15.2. The summed E-state index contributed by atoms with van der Waals surface area (Å²) in [6.45, 7) is 0. The van der Waals surface area contributed by atoms with Crippen LogP contribution in [0.5, 0.6) is 0 Å². The van der Waals surface area contributed by atoms with E-state index in [0.29, 0.717) is 5.95 Å². The lowest BCUT2D eigenvalue weighted by Gasteiger charge is -2.12. The maximum atomic E-state index is 5.27. The van der Waals surface area contributed by atoms with Gasteiger partial charge >= 0.3 is 0 Å². The molecule has 0 bridgehead atoms. The van der Waals surface area contributed by atoms with Crippen LogP contribution in [0.15, 0.2) is 237 Å². The minimum Gasteiger partial charge on any atom is -0.309 e. The third-order valence-corrected chi connectivity index (χ3v) is 13.7. The topological polar surface area (TPSA) is 40.6 Å². The Morgan fingerprint density at radius 3 is 1.31 bits per heavy atom. The average molecular weight is 854 g/mol. The van der Waals surface area contributed by atoms with Crippen LogP contribution in [0, 0.1) is 0 Å². The standard InChI is InChI=1S/C62H39N5/c1-3-15-42(16-4-1)61-51-22-7-11-23-54(51)63-62(64-61)67-57-26-14-10-21-49(57)53-38-44(32-36-59(53)67)41-29-27-40(28-30-41)43-31-35-58-52(37-43)48-20-9-13-25-56(48)66(58)46-33-34-50-47-19-8-12-24-55(47)65(60(50)39-46)45-17-5-2-6-18-45/h1-39H. The zero-order valence-electron chi connectivity index (χ0n) is 36.3. The van der Waals surface area contributed by atoms with Crippen molar-refractivity contribution in [3.63, 3.8) is 0 Å². The Balaban J connectivity index is 0.848. The van der Waals surface area contributed by atoms with Crippen LogP contribution in [0.4, 0.5) is 0 Å². The Hall–Kier alpha value is -9.06. The van der Waals surface area contributed by atoms with E-state index < -0.39 is 0 Å². The van der Waals surface area contributed by atoms with E-state index in [1.807, 2.05) is 12.1 Å². The van der Waals surface area contributed by atoms with Crippen LogP contribution in [-0.2, 0) is 0 Å². The highest BCUT2D eigenvalue weighted by Crippen LogP contribution is 2.40. The molecular weight excluding hydrogens is 815 g/mol. The molecule has 0 radical (unpaired) electrons. The van der Waals surface area contributed by atoms with Crippen LogP contribution in [0.2, 0.25) is 0 Å². The maximum Gasteiger partial charge on any atom is 0.235 e. The number of benzene rings is 10. The molecule has 0 N–H and O–H groups in total. The fourth-order valence-electron chi connectivity index (χ4n) is 10.6. The van der Waals surface area contributed by atoms with Crippen molar-refractivity contribution in [1.82, 2.24) is 23.7 Å². The largest absolute Gasteiger partial charge is 0.309 e. The average Bonchev–Trinajstić information content (AvgIpc) is 4.04. The minimum atomic E-state index is 0.661. The van der Waals surface area contributed by atoms with E-state index in [2.05, 4.69) is 238 Å². The van der Waals surface area contributed by atoms with Gasteiger partial charge in [-0.1, -0.05) is 164 Å². The highest BCUT2D eigenvalue weighted by molar-refractivity contribution is 6.13. The van der Waals surface area contributed by atoms with Gasteiger partial charge in [0.25, 0.3) is 0 Å². The number of nitrogens with zero attached hydrogens (tertiary/aromatic N) is 5. The fraction of sp³-hybridized carbons (Fsp3) is 0. The van der Waals surface area contributed by atoms with Gasteiger partial charge in [-0.05, 0) is 95.1 Å². The van der Waals surface area contributed by atoms with E-state index in [-0.39, 0.29) is 0 Å². The van der Waals surface area contributed by atoms with E-state index in [9.17, 15) is 0 Å². The van der Waals surface area contributed by atoms with Gasteiger partial charge in [0.15, 0.2) is 0 Å². The summed E-state index contributed by atoms with van der Waals surface area (Å²) < 4.78 is 7.03. The summed E-state index contributed by atoms with van der Waals surface area (Å²) >= 11 is 0. The van der Waals surface area contributed by atoms with Gasteiger partial charge in [0, 0.05) is 54.6 Å². The Labute approximate surface area is 385 Å². The number of hydrogen-bond acceptors (Lipinski definition) is 2. The zero-order chi connectivity index (χ0) is 44.0. The normalized spacial score (nSPS) is 11.9. The first-order chi connectivity index (χ1) is 33.2. The smallest absolute Gasteiger partial charge is 0.235 e. The van der Waals surface area contributed by atoms with Crippen LogP contribution in [0.3, 0.4) is 0 Å². The lowest BCUT2D eigenvalue weighted by molar-refractivity contribution is 1.01. The summed E-state index contributed by atoms with van der Waals surface area (Å²) in [5.41, 5.74) is 16.8. The second-order valence-electron chi connectivity index (χ2n) is 17.4. The predicted molar refractivity (Wildman–Crippen MR) is 279 cm³/mol. The van der Waals surface area contributed by atoms with Crippen LogP contribution in [0.25, 0.3) is 127 Å². The van der Waals surface area contributed by atoms with Gasteiger partial charge in [-0.15, -0.1) is 0 Å². The Kier molecular flexibility index (Phi) is 8.21. The molecular formula is C62H39N5. The number of para-hydroxylation sites is 5. The highest BCUT2D eigenvalue weighted by Gasteiger charge is 2.20. The first kappa shape index (κ1) is 37.3. The number of hydrogen-bond donors (Lipinski definition) is 0. The molecule has 10 aromatic carbocycles. The minimum absolute atomic E-state index is 0.661. The van der Waals surface area contributed by atoms with Crippen molar-refractivity contribution in [2.45, 2.75) is 0 Å². The Bertz CT molecular complexity index is 4250. The van der Waals surface area contributed by atoms with Gasteiger partial charge in [0.2, 0.25) is 5.95 Å². The van der Waals surface area contributed by atoms with Crippen molar-refractivity contribution in [1.29, 1.82) is 0 Å². The monoisotopic (exact) mass is 853 g/mol. The van der Waals surface area contributed by atoms with Crippen LogP contribution in [0.1, 0.15) is 0 Å². The Morgan fingerprint density at radius 2 is 0.687 bits per heavy atom. The molecule has 0 amide bonds. The lowest BCUT2D eigenvalue weighted by Crippen LogP contribution is -2.03. The Morgan fingerprint density at radius 1 is 0.239 bits per heavy atom. The summed E-state index contributed by atoms with van der Waals surface area (Å²) in [5.74, 6) is 0.661. The van der Waals surface area contributed by atoms with Gasteiger partial charge in [-0.2, -0.15) is 0 Å². The van der Waals surface area contributed by atoms with E-state index in [1.54, 1.807) is 0 Å². The first-order valence-corrected chi connectivity index (χ1v) is 22.8. The van der Waals surface area contributed by atoms with Crippen LogP contribution >= 0.6 is 0 Å². The molecule has 0 saturated heterocycles. The summed E-state index contributed by atoms with van der Waals surface area (Å²) in [6, 6.07) is 85.1. The molecule has 5 nitrogen and oxygen atoms in total. The van der Waals surface area contributed by atoms with E-state index >= 15 is 0 Å². The van der Waals surface area contributed by atoms with Gasteiger partial charge in [-0.25, -0.2) is 9.97 Å². The molecule has 0 unspecified atom stereocenters. The molecule has 5 heteroatoms. The van der Waals surface area contributed by atoms with Gasteiger partial charge in [0.1, 0.15) is 0 Å². The van der Waals surface area contributed by atoms with E-state index in [1.165, 1.54) is 60.1 Å². The summed E-state index contributed by atoms with van der Waals surface area (Å²) in [5, 5.41) is 8.33. The van der Waals surface area contributed by atoms with Crippen molar-refractivity contribution < 1.29 is 0 Å². The van der Waals surface area contributed by atoms with Gasteiger partial charge in [0.05, 0.1) is 44.3 Å². The van der Waals surface area contributed by atoms with Gasteiger partial charge < -0.3 is 9.13 Å². The molecule has 0 aliphatic carbocycles. The number of fused-ring (bicyclic) bond motifs is 10.